The number of esters is 2. The molecule has 0 aliphatic heterocycles. The van der Waals surface area contributed by atoms with Gasteiger partial charge in [0.1, 0.15) is 6.61 Å². The zero-order valence-electron chi connectivity index (χ0n) is 21.5. The molecule has 9 heteroatoms. The quantitative estimate of drug-likeness (QED) is 0.265. The Labute approximate surface area is 215 Å². The van der Waals surface area contributed by atoms with Crippen molar-refractivity contribution in [1.29, 1.82) is 0 Å². The van der Waals surface area contributed by atoms with Gasteiger partial charge in [0.15, 0.2) is 6.10 Å². The third-order valence-electron chi connectivity index (χ3n) is 10.6. The molecule has 0 N–H and O–H groups in total. The van der Waals surface area contributed by atoms with E-state index in [-0.39, 0.29) is 12.9 Å². The minimum atomic E-state index is -4.73. The molecule has 208 valence electrons. The van der Waals surface area contributed by atoms with Crippen molar-refractivity contribution in [3.05, 3.63) is 0 Å². The smallest absolute Gasteiger partial charge is 0.419 e. The average Bonchev–Trinajstić information content (AvgIpc) is 2.78. The van der Waals surface area contributed by atoms with Crippen LogP contribution >= 0.6 is 0 Å². The summed E-state index contributed by atoms with van der Waals surface area (Å²) in [6.45, 7) is -1.36. The number of ether oxygens (including phenoxy) is 3. The summed E-state index contributed by atoms with van der Waals surface area (Å²) in [4.78, 5) is 26.7. The van der Waals surface area contributed by atoms with Crippen LogP contribution in [-0.4, -0.2) is 43.3 Å². The highest BCUT2D eigenvalue weighted by molar-refractivity contribution is 5.78. The van der Waals surface area contributed by atoms with Gasteiger partial charge in [0.25, 0.3) is 0 Å². The van der Waals surface area contributed by atoms with Crippen LogP contribution in [0.5, 0.6) is 0 Å². The number of hydrogen-bond donors (Lipinski definition) is 0. The van der Waals surface area contributed by atoms with Crippen LogP contribution in [0.1, 0.15) is 84.0 Å². The van der Waals surface area contributed by atoms with Gasteiger partial charge in [0.05, 0.1) is 17.4 Å². The summed E-state index contributed by atoms with van der Waals surface area (Å²) in [6.07, 6.45) is 5.10. The molecule has 37 heavy (non-hydrogen) atoms. The van der Waals surface area contributed by atoms with E-state index < -0.39 is 48.1 Å². The molecule has 0 aromatic carbocycles. The molecule has 1 atom stereocenters. The molecule has 0 heterocycles. The first-order chi connectivity index (χ1) is 17.3. The highest BCUT2D eigenvalue weighted by Crippen LogP contribution is 2.61. The van der Waals surface area contributed by atoms with E-state index in [1.54, 1.807) is 0 Å². The Morgan fingerprint density at radius 3 is 1.46 bits per heavy atom. The lowest BCUT2D eigenvalue weighted by molar-refractivity contribution is -0.346. The molecule has 8 fully saturated rings. The predicted molar refractivity (Wildman–Crippen MR) is 124 cm³/mol. The fourth-order valence-corrected chi connectivity index (χ4v) is 9.76. The van der Waals surface area contributed by atoms with E-state index in [1.807, 2.05) is 0 Å². The third-order valence-corrected chi connectivity index (χ3v) is 10.6. The van der Waals surface area contributed by atoms with E-state index in [2.05, 4.69) is 4.74 Å². The summed E-state index contributed by atoms with van der Waals surface area (Å²) in [7, 11) is 0. The second kappa shape index (κ2) is 8.82. The predicted octanol–water partition coefficient (Wildman–Crippen LogP) is 6.14. The number of carbonyl (C=O) groups excluding carboxylic acids is 2. The average molecular weight is 531 g/mol. The maximum atomic E-state index is 13.9. The van der Waals surface area contributed by atoms with Crippen LogP contribution in [0.2, 0.25) is 0 Å². The van der Waals surface area contributed by atoms with Gasteiger partial charge in [-0.25, -0.2) is 0 Å². The molecule has 8 saturated carbocycles. The molecule has 8 aliphatic carbocycles. The van der Waals surface area contributed by atoms with E-state index in [0.29, 0.717) is 54.8 Å². The molecule has 0 radical (unpaired) electrons. The third kappa shape index (κ3) is 4.69. The van der Waals surface area contributed by atoms with Crippen LogP contribution in [0.3, 0.4) is 0 Å². The molecule has 8 bridgehead atoms. The Hall–Kier alpha value is -1.38. The highest BCUT2D eigenvalue weighted by atomic mass is 19.3. The van der Waals surface area contributed by atoms with Crippen LogP contribution in [0.15, 0.2) is 0 Å². The molecule has 8 aliphatic rings. The van der Waals surface area contributed by atoms with Gasteiger partial charge in [-0.1, -0.05) is 0 Å². The van der Waals surface area contributed by atoms with Gasteiger partial charge >= 0.3 is 24.0 Å². The van der Waals surface area contributed by atoms with Crippen molar-refractivity contribution in [2.75, 3.05) is 13.2 Å². The van der Waals surface area contributed by atoms with E-state index in [9.17, 15) is 27.2 Å². The Kier molecular flexibility index (Phi) is 6.17. The van der Waals surface area contributed by atoms with Gasteiger partial charge in [-0.2, -0.15) is 17.6 Å². The normalized spacial score (nSPS) is 42.6. The van der Waals surface area contributed by atoms with Crippen molar-refractivity contribution in [2.24, 2.45) is 46.3 Å². The van der Waals surface area contributed by atoms with Crippen LogP contribution in [-0.2, 0) is 23.8 Å². The Bertz CT molecular complexity index is 857. The Balaban J connectivity index is 1.14. The standard InChI is InChI=1S/C28H38F4O5/c1-25(29,30)28(31,32)36-15-22(37-24(34)27-11-19-5-20(12-27)7-21(6-19)13-27)14-35-23(33)26-8-16-2-17(9-26)4-18(3-16)10-26/h16-22H,2-15H2,1H3. The molecule has 5 nitrogen and oxygen atoms in total. The van der Waals surface area contributed by atoms with E-state index >= 15 is 0 Å². The fourth-order valence-electron chi connectivity index (χ4n) is 9.76. The molecule has 0 saturated heterocycles. The van der Waals surface area contributed by atoms with E-state index in [0.717, 1.165) is 57.8 Å². The van der Waals surface area contributed by atoms with Crippen molar-refractivity contribution in [3.63, 3.8) is 0 Å². The Morgan fingerprint density at radius 2 is 1.08 bits per heavy atom. The number of hydrogen-bond acceptors (Lipinski definition) is 5. The van der Waals surface area contributed by atoms with Crippen molar-refractivity contribution in [1.82, 2.24) is 0 Å². The number of alkyl halides is 4. The lowest BCUT2D eigenvalue weighted by atomic mass is 9.49. The lowest BCUT2D eigenvalue weighted by Gasteiger charge is -2.55. The van der Waals surface area contributed by atoms with Gasteiger partial charge in [0.2, 0.25) is 0 Å². The molecule has 8 rings (SSSR count). The first kappa shape index (κ1) is 25.9. The van der Waals surface area contributed by atoms with E-state index in [1.165, 1.54) is 0 Å². The number of rotatable bonds is 9. The van der Waals surface area contributed by atoms with Gasteiger partial charge in [0, 0.05) is 6.92 Å². The SMILES string of the molecule is CC(F)(F)C(F)(F)OCC(COC(=O)C12CC3CC(CC(C3)C1)C2)OC(=O)C12CC3CC(CC(C3)C1)C2. The molecular weight excluding hydrogens is 492 g/mol. The minimum Gasteiger partial charge on any atom is -0.461 e. The van der Waals surface area contributed by atoms with Crippen LogP contribution in [0, 0.1) is 46.3 Å². The van der Waals surface area contributed by atoms with Gasteiger partial charge < -0.3 is 14.2 Å². The summed E-state index contributed by atoms with van der Waals surface area (Å²) in [5.74, 6) is -2.35. The van der Waals surface area contributed by atoms with Crippen LogP contribution < -0.4 is 0 Å². The number of carbonyl (C=O) groups is 2. The van der Waals surface area contributed by atoms with Gasteiger partial charge in [-0.05, 0) is 113 Å². The first-order valence-corrected chi connectivity index (χ1v) is 14.1. The summed E-state index contributed by atoms with van der Waals surface area (Å²) in [6, 6.07) is 0. The second-order valence-electron chi connectivity index (χ2n) is 13.7. The van der Waals surface area contributed by atoms with Crippen molar-refractivity contribution >= 4 is 11.9 Å². The minimum absolute atomic E-state index is 0.0799. The second-order valence-corrected chi connectivity index (χ2v) is 13.7. The van der Waals surface area contributed by atoms with Crippen LogP contribution in [0.25, 0.3) is 0 Å². The molecule has 1 unspecified atom stereocenters. The van der Waals surface area contributed by atoms with Gasteiger partial charge in [-0.15, -0.1) is 0 Å². The van der Waals surface area contributed by atoms with Gasteiger partial charge in [-0.3, -0.25) is 9.59 Å². The molecule has 0 aromatic rings. The monoisotopic (exact) mass is 530 g/mol. The fraction of sp³-hybridized carbons (Fsp3) is 0.929. The largest absolute Gasteiger partial charge is 0.461 e. The molecule has 0 spiro atoms. The van der Waals surface area contributed by atoms with E-state index in [4.69, 9.17) is 9.47 Å². The molecule has 0 aromatic heterocycles. The topological polar surface area (TPSA) is 61.8 Å². The lowest BCUT2D eigenvalue weighted by Crippen LogP contribution is -2.52. The highest BCUT2D eigenvalue weighted by Gasteiger charge is 2.58. The van der Waals surface area contributed by atoms with Crippen LogP contribution in [0.4, 0.5) is 17.6 Å². The molecular formula is C28H38F4O5. The zero-order valence-corrected chi connectivity index (χ0v) is 21.5. The maximum absolute atomic E-state index is 13.9. The first-order valence-electron chi connectivity index (χ1n) is 14.1. The summed E-state index contributed by atoms with van der Waals surface area (Å²) >= 11 is 0. The zero-order chi connectivity index (χ0) is 26.2. The van der Waals surface area contributed by atoms with Crippen molar-refractivity contribution in [2.45, 2.75) is 102 Å². The van der Waals surface area contributed by atoms with Crippen molar-refractivity contribution in [3.8, 4) is 0 Å². The summed E-state index contributed by atoms with van der Waals surface area (Å²) in [5, 5.41) is 0. The maximum Gasteiger partial charge on any atom is 0.419 e. The molecule has 0 amide bonds. The number of halogens is 4. The summed E-state index contributed by atoms with van der Waals surface area (Å²) in [5.41, 5.74) is -1.22. The van der Waals surface area contributed by atoms with Crippen molar-refractivity contribution < 1.29 is 41.4 Å². The summed E-state index contributed by atoms with van der Waals surface area (Å²) < 4.78 is 70.3. The Morgan fingerprint density at radius 1 is 0.703 bits per heavy atom.